The number of aliphatic hydroxyl groups excluding tert-OH is 1. The van der Waals surface area contributed by atoms with E-state index >= 15 is 0 Å². The van der Waals surface area contributed by atoms with Gasteiger partial charge in [0.15, 0.2) is 34.7 Å². The molecular formula is C31H36N2O6S. The number of nitrogens with zero attached hydrogens (tertiary/aromatic N) is 2. The van der Waals surface area contributed by atoms with Crippen LogP contribution < -0.4 is 0 Å². The number of aromatic nitrogens is 2. The van der Waals surface area contributed by atoms with Gasteiger partial charge in [0.1, 0.15) is 0 Å². The van der Waals surface area contributed by atoms with Gasteiger partial charge in [-0.25, -0.2) is 4.98 Å². The number of carbonyl (C=O) groups is 2. The third kappa shape index (κ3) is 3.63. The van der Waals surface area contributed by atoms with E-state index in [1.54, 1.807) is 24.4 Å². The standard InChI is InChI=1S/C31H36N2O6S/c1-4-6-25-38-24-14-20-19-9-8-17-13-18(34)10-11-29(17,2)26(19)21(35)15-30(20,3)31(24,39-25)23(36)16-40-28-33-27-22(37-28)7-5-12-32-27/h5,7,10-13,19-21,24-26,35H,4,6,8-9,14-16H2,1-3H3/t19?,20?,21?,24-,25?,26?,29?,30?,31-/m1/s1. The van der Waals surface area contributed by atoms with Gasteiger partial charge in [0.05, 0.1) is 18.0 Å². The van der Waals surface area contributed by atoms with E-state index in [1.807, 2.05) is 12.1 Å². The monoisotopic (exact) mass is 564 g/mol. The van der Waals surface area contributed by atoms with E-state index in [2.05, 4.69) is 30.7 Å². The number of hydrogen-bond donors (Lipinski definition) is 1. The maximum Gasteiger partial charge on any atom is 0.258 e. The second kappa shape index (κ2) is 9.34. The molecule has 2 aromatic rings. The third-order valence-corrected chi connectivity index (χ3v) is 11.5. The number of oxazole rings is 1. The van der Waals surface area contributed by atoms with E-state index in [-0.39, 0.29) is 46.6 Å². The molecule has 0 radical (unpaired) electrons. The largest absolute Gasteiger partial charge is 0.430 e. The van der Waals surface area contributed by atoms with Crippen LogP contribution in [0.1, 0.15) is 59.3 Å². The van der Waals surface area contributed by atoms with Crippen molar-refractivity contribution in [3.63, 3.8) is 0 Å². The number of carbonyl (C=O) groups excluding carboxylic acids is 2. The highest BCUT2D eigenvalue weighted by atomic mass is 32.2. The first-order valence-corrected chi connectivity index (χ1v) is 15.5. The molecule has 0 bridgehead atoms. The smallest absolute Gasteiger partial charge is 0.258 e. The predicted molar refractivity (Wildman–Crippen MR) is 148 cm³/mol. The van der Waals surface area contributed by atoms with Crippen LogP contribution in [0, 0.1) is 28.6 Å². The molecule has 1 saturated heterocycles. The summed E-state index contributed by atoms with van der Waals surface area (Å²) in [6.07, 6.45) is 10.2. The number of allylic oxidation sites excluding steroid dienone is 4. The van der Waals surface area contributed by atoms with Crippen molar-refractivity contribution in [2.24, 2.45) is 28.6 Å². The molecular weight excluding hydrogens is 528 g/mol. The lowest BCUT2D eigenvalue weighted by Gasteiger charge is -2.59. The Bertz CT molecular complexity index is 1400. The topological polar surface area (TPSA) is 112 Å². The van der Waals surface area contributed by atoms with Gasteiger partial charge in [-0.05, 0) is 68.2 Å². The van der Waals surface area contributed by atoms with Crippen LogP contribution in [0.15, 0.2) is 51.8 Å². The number of fused-ring (bicyclic) bond motifs is 8. The lowest BCUT2D eigenvalue weighted by Crippen LogP contribution is -2.63. The Labute approximate surface area is 238 Å². The van der Waals surface area contributed by atoms with Gasteiger partial charge in [0.2, 0.25) is 0 Å². The van der Waals surface area contributed by atoms with E-state index in [0.29, 0.717) is 22.9 Å². The number of rotatable bonds is 6. The minimum absolute atomic E-state index is 0.0195. The van der Waals surface area contributed by atoms with Crippen molar-refractivity contribution in [1.82, 2.24) is 9.97 Å². The molecule has 1 N–H and O–H groups in total. The van der Waals surface area contributed by atoms with Gasteiger partial charge in [-0.3, -0.25) is 9.59 Å². The van der Waals surface area contributed by atoms with Crippen LogP contribution in [0.3, 0.4) is 0 Å². The van der Waals surface area contributed by atoms with Crippen LogP contribution in [0.25, 0.3) is 11.2 Å². The molecule has 5 aliphatic rings. The molecule has 9 heteroatoms. The second-order valence-corrected chi connectivity index (χ2v) is 13.6. The van der Waals surface area contributed by atoms with Crippen LogP contribution in [-0.4, -0.2) is 56.5 Å². The van der Waals surface area contributed by atoms with Crippen molar-refractivity contribution in [3.05, 3.63) is 42.1 Å². The van der Waals surface area contributed by atoms with Crippen molar-refractivity contribution < 1.29 is 28.6 Å². The number of thioether (sulfide) groups is 1. The molecule has 7 rings (SSSR count). The number of hydrogen-bond acceptors (Lipinski definition) is 9. The van der Waals surface area contributed by atoms with Gasteiger partial charge < -0.3 is 19.0 Å². The summed E-state index contributed by atoms with van der Waals surface area (Å²) in [6.45, 7) is 6.40. The molecule has 7 unspecified atom stereocenters. The molecule has 9 atom stereocenters. The summed E-state index contributed by atoms with van der Waals surface area (Å²) >= 11 is 1.26. The summed E-state index contributed by atoms with van der Waals surface area (Å²) in [6, 6.07) is 3.60. The predicted octanol–water partition coefficient (Wildman–Crippen LogP) is 5.05. The van der Waals surface area contributed by atoms with Crippen molar-refractivity contribution in [1.29, 1.82) is 0 Å². The zero-order valence-corrected chi connectivity index (χ0v) is 24.0. The van der Waals surface area contributed by atoms with Gasteiger partial charge in [-0.1, -0.05) is 50.6 Å². The molecule has 1 aliphatic heterocycles. The fraction of sp³-hybridized carbons (Fsp3) is 0.613. The number of Topliss-reactive ketones (excluding diaryl/α,β-unsaturated/α-hetero) is 1. The van der Waals surface area contributed by atoms with Crippen molar-refractivity contribution in [2.45, 2.75) is 88.6 Å². The molecule has 0 amide bonds. The quantitative estimate of drug-likeness (QED) is 0.482. The molecule has 212 valence electrons. The second-order valence-electron chi connectivity index (χ2n) is 12.7. The van der Waals surface area contributed by atoms with Gasteiger partial charge in [0.25, 0.3) is 5.22 Å². The van der Waals surface area contributed by atoms with E-state index < -0.39 is 23.4 Å². The van der Waals surface area contributed by atoms with Crippen LogP contribution in [0.2, 0.25) is 0 Å². The molecule has 40 heavy (non-hydrogen) atoms. The molecule has 3 heterocycles. The Morgan fingerprint density at radius 1 is 1.30 bits per heavy atom. The maximum atomic E-state index is 14.4. The van der Waals surface area contributed by atoms with Crippen molar-refractivity contribution in [2.75, 3.05) is 5.75 Å². The first-order valence-electron chi connectivity index (χ1n) is 14.5. The molecule has 0 spiro atoms. The minimum atomic E-state index is -1.14. The Kier molecular flexibility index (Phi) is 6.20. The number of pyridine rings is 1. The summed E-state index contributed by atoms with van der Waals surface area (Å²) in [4.78, 5) is 35.2. The zero-order chi connectivity index (χ0) is 27.9. The van der Waals surface area contributed by atoms with E-state index in [9.17, 15) is 14.7 Å². The third-order valence-electron chi connectivity index (χ3n) is 10.7. The molecule has 4 fully saturated rings. The van der Waals surface area contributed by atoms with Crippen LogP contribution in [-0.2, 0) is 19.1 Å². The highest BCUT2D eigenvalue weighted by molar-refractivity contribution is 7.99. The normalized spacial score (nSPS) is 41.8. The lowest BCUT2D eigenvalue weighted by molar-refractivity contribution is -0.197. The first kappa shape index (κ1) is 26.6. The summed E-state index contributed by atoms with van der Waals surface area (Å²) in [7, 11) is 0. The van der Waals surface area contributed by atoms with E-state index in [1.165, 1.54) is 11.8 Å². The fourth-order valence-corrected chi connectivity index (χ4v) is 9.82. The summed E-state index contributed by atoms with van der Waals surface area (Å²) in [5.41, 5.74) is 0.124. The van der Waals surface area contributed by atoms with Gasteiger partial charge >= 0.3 is 0 Å². The first-order chi connectivity index (χ1) is 19.2. The fourth-order valence-electron chi connectivity index (χ4n) is 9.05. The molecule has 2 aromatic heterocycles. The van der Waals surface area contributed by atoms with E-state index in [4.69, 9.17) is 13.9 Å². The lowest BCUT2D eigenvalue weighted by atomic mass is 9.46. The molecule has 3 saturated carbocycles. The summed E-state index contributed by atoms with van der Waals surface area (Å²) in [5.74, 6) is 0.452. The average Bonchev–Trinajstić information content (AvgIpc) is 3.57. The number of aliphatic hydroxyl groups is 1. The van der Waals surface area contributed by atoms with Gasteiger partial charge in [-0.15, -0.1) is 0 Å². The van der Waals surface area contributed by atoms with E-state index in [0.717, 1.165) is 37.7 Å². The van der Waals surface area contributed by atoms with Crippen molar-refractivity contribution >= 4 is 34.6 Å². The van der Waals surface area contributed by atoms with Gasteiger partial charge in [0, 0.05) is 22.9 Å². The summed E-state index contributed by atoms with van der Waals surface area (Å²) in [5, 5.41) is 12.3. The SMILES string of the molecule is CCCC1O[C@@H]2CC3C4CCC5=CC(=O)C=CC5(C)C4C(O)CC3(C)[C@]2(C(=O)CSc2nc3ncccc3o2)O1. The van der Waals surface area contributed by atoms with Crippen molar-refractivity contribution in [3.8, 4) is 0 Å². The zero-order valence-electron chi connectivity index (χ0n) is 23.2. The average molecular weight is 565 g/mol. The number of ether oxygens (including phenoxy) is 2. The summed E-state index contributed by atoms with van der Waals surface area (Å²) < 4.78 is 19.1. The Morgan fingerprint density at radius 3 is 2.95 bits per heavy atom. The van der Waals surface area contributed by atoms with Crippen LogP contribution in [0.5, 0.6) is 0 Å². The number of ketones is 2. The molecule has 0 aromatic carbocycles. The Morgan fingerprint density at radius 2 is 2.15 bits per heavy atom. The Hall–Kier alpha value is -2.33. The van der Waals surface area contributed by atoms with Crippen LogP contribution in [0.4, 0.5) is 0 Å². The minimum Gasteiger partial charge on any atom is -0.430 e. The maximum absolute atomic E-state index is 14.4. The Balaban J connectivity index is 1.22. The molecule has 8 nitrogen and oxygen atoms in total. The molecule has 4 aliphatic carbocycles. The highest BCUT2D eigenvalue weighted by Gasteiger charge is 2.75. The van der Waals surface area contributed by atoms with Crippen LogP contribution >= 0.6 is 11.8 Å². The van der Waals surface area contributed by atoms with Gasteiger partial charge in [-0.2, -0.15) is 4.98 Å². The highest BCUT2D eigenvalue weighted by Crippen LogP contribution is 2.69.